The molecule has 1 aliphatic heterocycles. The molecule has 25 heavy (non-hydrogen) atoms. The van der Waals surface area contributed by atoms with Gasteiger partial charge in [-0.3, -0.25) is 4.90 Å². The fraction of sp³-hybridized carbons (Fsp3) is 0.136. The molecule has 0 aliphatic carbocycles. The number of amides is 2. The first-order valence-electron chi connectivity index (χ1n) is 8.59. The lowest BCUT2D eigenvalue weighted by molar-refractivity contribution is 0.244. The molecule has 3 nitrogen and oxygen atoms in total. The lowest BCUT2D eigenvalue weighted by Crippen LogP contribution is -2.41. The minimum absolute atomic E-state index is 0.0531. The lowest BCUT2D eigenvalue weighted by Gasteiger charge is -2.24. The van der Waals surface area contributed by atoms with Crippen LogP contribution >= 0.6 is 0 Å². The van der Waals surface area contributed by atoms with Crippen molar-refractivity contribution in [3.05, 3.63) is 102 Å². The SMILES string of the molecule is O=C(NC(c1ccccc1)c1ccccc1)N1CCc2ccccc21. The number of urea groups is 1. The highest BCUT2D eigenvalue weighted by Gasteiger charge is 2.26. The van der Waals surface area contributed by atoms with Crippen molar-refractivity contribution in [2.24, 2.45) is 0 Å². The fourth-order valence-electron chi connectivity index (χ4n) is 3.40. The second kappa shape index (κ2) is 6.81. The van der Waals surface area contributed by atoms with Crippen LogP contribution in [-0.2, 0) is 6.42 Å². The normalized spacial score (nSPS) is 12.9. The lowest BCUT2D eigenvalue weighted by atomic mass is 9.99. The Balaban J connectivity index is 1.62. The number of hydrogen-bond acceptors (Lipinski definition) is 1. The minimum atomic E-state index is -0.164. The predicted molar refractivity (Wildman–Crippen MR) is 101 cm³/mol. The fourth-order valence-corrected chi connectivity index (χ4v) is 3.40. The van der Waals surface area contributed by atoms with Crippen LogP contribution in [0, 0.1) is 0 Å². The number of benzene rings is 3. The molecule has 0 atom stereocenters. The van der Waals surface area contributed by atoms with Gasteiger partial charge in [0.1, 0.15) is 0 Å². The molecule has 0 radical (unpaired) electrons. The number of hydrogen-bond donors (Lipinski definition) is 1. The number of carbonyl (C=O) groups excluding carboxylic acids is 1. The van der Waals surface area contributed by atoms with E-state index in [1.807, 2.05) is 59.5 Å². The smallest absolute Gasteiger partial charge is 0.322 e. The van der Waals surface area contributed by atoms with E-state index < -0.39 is 0 Å². The molecule has 0 bridgehead atoms. The van der Waals surface area contributed by atoms with Crippen molar-refractivity contribution in [1.29, 1.82) is 0 Å². The minimum Gasteiger partial charge on any atom is -0.327 e. The Kier molecular flexibility index (Phi) is 4.21. The van der Waals surface area contributed by atoms with Gasteiger partial charge in [0.25, 0.3) is 0 Å². The van der Waals surface area contributed by atoms with Crippen LogP contribution in [0.25, 0.3) is 0 Å². The average molecular weight is 328 g/mol. The van der Waals surface area contributed by atoms with Crippen molar-refractivity contribution < 1.29 is 4.79 Å². The summed E-state index contributed by atoms with van der Waals surface area (Å²) in [5, 5.41) is 3.22. The van der Waals surface area contributed by atoms with Gasteiger partial charge in [-0.05, 0) is 29.2 Å². The van der Waals surface area contributed by atoms with E-state index in [1.165, 1.54) is 5.56 Å². The standard InChI is InChI=1S/C22H20N2O/c25-22(24-16-15-17-9-7-8-14-20(17)24)23-21(18-10-3-1-4-11-18)19-12-5-2-6-13-19/h1-14,21H,15-16H2,(H,23,25). The summed E-state index contributed by atoms with van der Waals surface area (Å²) in [5.41, 5.74) is 4.40. The Morgan fingerprint density at radius 3 is 2.00 bits per heavy atom. The van der Waals surface area contributed by atoms with Gasteiger partial charge in [0.05, 0.1) is 6.04 Å². The summed E-state index contributed by atoms with van der Waals surface area (Å²) >= 11 is 0. The summed E-state index contributed by atoms with van der Waals surface area (Å²) < 4.78 is 0. The molecule has 1 heterocycles. The Hall–Kier alpha value is -3.07. The van der Waals surface area contributed by atoms with E-state index in [9.17, 15) is 4.79 Å². The summed E-state index contributed by atoms with van der Waals surface area (Å²) in [4.78, 5) is 14.8. The second-order valence-electron chi connectivity index (χ2n) is 6.23. The van der Waals surface area contributed by atoms with Crippen LogP contribution in [0.5, 0.6) is 0 Å². The van der Waals surface area contributed by atoms with Crippen LogP contribution < -0.4 is 10.2 Å². The first-order chi connectivity index (χ1) is 12.3. The van der Waals surface area contributed by atoms with Crippen molar-refractivity contribution in [2.75, 3.05) is 11.4 Å². The van der Waals surface area contributed by atoms with Gasteiger partial charge < -0.3 is 5.32 Å². The van der Waals surface area contributed by atoms with Crippen LogP contribution in [0.1, 0.15) is 22.7 Å². The van der Waals surface area contributed by atoms with Gasteiger partial charge in [0, 0.05) is 12.2 Å². The van der Waals surface area contributed by atoms with Crippen molar-refractivity contribution >= 4 is 11.7 Å². The van der Waals surface area contributed by atoms with E-state index in [1.54, 1.807) is 0 Å². The summed E-state index contributed by atoms with van der Waals surface area (Å²) in [6, 6.07) is 28.1. The summed E-state index contributed by atoms with van der Waals surface area (Å²) in [7, 11) is 0. The molecule has 1 aliphatic rings. The third-order valence-corrected chi connectivity index (χ3v) is 4.67. The maximum atomic E-state index is 13.0. The molecule has 0 fully saturated rings. The zero-order valence-electron chi connectivity index (χ0n) is 13.9. The summed E-state index contributed by atoms with van der Waals surface area (Å²) in [5.74, 6) is 0. The van der Waals surface area contributed by atoms with E-state index in [-0.39, 0.29) is 12.1 Å². The van der Waals surface area contributed by atoms with Crippen LogP contribution in [-0.4, -0.2) is 12.6 Å². The molecule has 0 saturated carbocycles. The van der Waals surface area contributed by atoms with E-state index in [0.717, 1.165) is 29.8 Å². The second-order valence-corrected chi connectivity index (χ2v) is 6.23. The maximum Gasteiger partial charge on any atom is 0.322 e. The molecule has 124 valence electrons. The molecule has 3 heteroatoms. The van der Waals surface area contributed by atoms with Gasteiger partial charge >= 0.3 is 6.03 Å². The van der Waals surface area contributed by atoms with E-state index >= 15 is 0 Å². The number of carbonyl (C=O) groups is 1. The molecule has 0 aromatic heterocycles. The van der Waals surface area contributed by atoms with Crippen molar-refractivity contribution in [3.63, 3.8) is 0 Å². The molecular weight excluding hydrogens is 308 g/mol. The molecule has 4 rings (SSSR count). The van der Waals surface area contributed by atoms with Crippen molar-refractivity contribution in [2.45, 2.75) is 12.5 Å². The topological polar surface area (TPSA) is 32.3 Å². The van der Waals surface area contributed by atoms with Crippen LogP contribution in [0.4, 0.5) is 10.5 Å². The molecule has 0 saturated heterocycles. The van der Waals surface area contributed by atoms with Crippen molar-refractivity contribution in [3.8, 4) is 0 Å². The summed E-state index contributed by atoms with van der Waals surface area (Å²) in [6.07, 6.45) is 0.908. The van der Waals surface area contributed by atoms with Gasteiger partial charge in [-0.1, -0.05) is 78.9 Å². The zero-order chi connectivity index (χ0) is 17.1. The molecule has 3 aromatic carbocycles. The molecule has 2 amide bonds. The number of nitrogens with zero attached hydrogens (tertiary/aromatic N) is 1. The monoisotopic (exact) mass is 328 g/mol. The third kappa shape index (κ3) is 3.13. The van der Waals surface area contributed by atoms with Crippen LogP contribution in [0.15, 0.2) is 84.9 Å². The quantitative estimate of drug-likeness (QED) is 0.752. The number of anilines is 1. The van der Waals surface area contributed by atoms with Gasteiger partial charge in [-0.15, -0.1) is 0 Å². The molecular formula is C22H20N2O. The first-order valence-corrected chi connectivity index (χ1v) is 8.59. The maximum absolute atomic E-state index is 13.0. The Bertz CT molecular complexity index is 822. The summed E-state index contributed by atoms with van der Waals surface area (Å²) in [6.45, 7) is 0.724. The zero-order valence-corrected chi connectivity index (χ0v) is 13.9. The van der Waals surface area contributed by atoms with Gasteiger partial charge in [0.15, 0.2) is 0 Å². The van der Waals surface area contributed by atoms with E-state index in [4.69, 9.17) is 0 Å². The number of rotatable bonds is 3. The average Bonchev–Trinajstić information content (AvgIpc) is 3.11. The van der Waals surface area contributed by atoms with E-state index in [2.05, 4.69) is 35.6 Å². The largest absolute Gasteiger partial charge is 0.327 e. The molecule has 3 aromatic rings. The Morgan fingerprint density at radius 1 is 0.800 bits per heavy atom. The van der Waals surface area contributed by atoms with Gasteiger partial charge in [-0.25, -0.2) is 4.79 Å². The number of nitrogens with one attached hydrogen (secondary N) is 1. The highest BCUT2D eigenvalue weighted by Crippen LogP contribution is 2.29. The molecule has 0 unspecified atom stereocenters. The Morgan fingerprint density at radius 2 is 1.36 bits per heavy atom. The first kappa shape index (κ1) is 15.5. The molecule has 1 N–H and O–H groups in total. The van der Waals surface area contributed by atoms with E-state index in [0.29, 0.717) is 0 Å². The number of para-hydroxylation sites is 1. The van der Waals surface area contributed by atoms with Crippen LogP contribution in [0.3, 0.4) is 0 Å². The Labute approximate surface area is 147 Å². The van der Waals surface area contributed by atoms with Crippen molar-refractivity contribution in [1.82, 2.24) is 5.32 Å². The highest BCUT2D eigenvalue weighted by atomic mass is 16.2. The number of fused-ring (bicyclic) bond motifs is 1. The predicted octanol–water partition coefficient (Wildman–Crippen LogP) is 4.55. The van der Waals surface area contributed by atoms with Gasteiger partial charge in [0.2, 0.25) is 0 Å². The molecule has 0 spiro atoms. The van der Waals surface area contributed by atoms with Gasteiger partial charge in [-0.2, -0.15) is 0 Å². The highest BCUT2D eigenvalue weighted by molar-refractivity contribution is 5.94. The van der Waals surface area contributed by atoms with Crippen LogP contribution in [0.2, 0.25) is 0 Å². The third-order valence-electron chi connectivity index (χ3n) is 4.67.